The Kier molecular flexibility index (Phi) is 7.21. The van der Waals surface area contributed by atoms with Gasteiger partial charge in [-0.1, -0.05) is 35.9 Å². The predicted octanol–water partition coefficient (Wildman–Crippen LogP) is 4.91. The molecular formula is C24H26ClFN2O4. The minimum absolute atomic E-state index is 0.0295. The molecule has 1 aliphatic rings. The van der Waals surface area contributed by atoms with E-state index in [-0.39, 0.29) is 24.4 Å². The van der Waals surface area contributed by atoms with Gasteiger partial charge < -0.3 is 20.1 Å². The van der Waals surface area contributed by atoms with Crippen LogP contribution < -0.4 is 5.32 Å². The van der Waals surface area contributed by atoms with E-state index in [2.05, 4.69) is 5.32 Å². The molecule has 0 aromatic heterocycles. The van der Waals surface area contributed by atoms with Crippen molar-refractivity contribution in [1.29, 1.82) is 0 Å². The monoisotopic (exact) mass is 460 g/mol. The zero-order valence-corrected chi connectivity index (χ0v) is 18.9. The highest BCUT2D eigenvalue weighted by atomic mass is 35.5. The fraction of sp³-hybridized carbons (Fsp3) is 0.333. The Hall–Kier alpha value is -2.90. The molecule has 0 spiro atoms. The lowest BCUT2D eigenvalue weighted by Crippen LogP contribution is -2.34. The molecule has 170 valence electrons. The van der Waals surface area contributed by atoms with Gasteiger partial charge >= 0.3 is 6.09 Å². The number of fused-ring (bicyclic) bond motifs is 1. The number of nitrogens with zero attached hydrogens (tertiary/aromatic N) is 1. The van der Waals surface area contributed by atoms with Crippen LogP contribution in [0.2, 0.25) is 5.02 Å². The number of carbonyl (C=O) groups is 2. The van der Waals surface area contributed by atoms with Crippen LogP contribution in [0.3, 0.4) is 0 Å². The van der Waals surface area contributed by atoms with Crippen LogP contribution in [-0.4, -0.2) is 34.2 Å². The smallest absolute Gasteiger partial charge is 0.407 e. The third kappa shape index (κ3) is 5.87. The van der Waals surface area contributed by atoms with E-state index in [1.54, 1.807) is 56.0 Å². The van der Waals surface area contributed by atoms with Gasteiger partial charge in [0.25, 0.3) is 5.91 Å². The normalized spacial score (nSPS) is 14.9. The Balaban J connectivity index is 1.67. The number of alkyl carbamates (subject to hydrolysis) is 1. The number of rotatable bonds is 6. The minimum Gasteiger partial charge on any atom is -0.444 e. The van der Waals surface area contributed by atoms with Crippen molar-refractivity contribution in [3.63, 3.8) is 0 Å². The number of ether oxygens (including phenoxy) is 1. The molecule has 0 saturated heterocycles. The Morgan fingerprint density at radius 2 is 1.97 bits per heavy atom. The first-order valence-electron chi connectivity index (χ1n) is 10.2. The Morgan fingerprint density at radius 1 is 1.28 bits per heavy atom. The molecule has 2 aromatic carbocycles. The van der Waals surface area contributed by atoms with Gasteiger partial charge in [-0.3, -0.25) is 4.79 Å². The summed E-state index contributed by atoms with van der Waals surface area (Å²) in [4.78, 5) is 26.2. The van der Waals surface area contributed by atoms with Gasteiger partial charge in [0.2, 0.25) is 0 Å². The molecule has 1 atom stereocenters. The molecule has 0 radical (unpaired) electrons. The number of halogens is 2. The maximum absolute atomic E-state index is 13.5. The molecule has 0 bridgehead atoms. The topological polar surface area (TPSA) is 78.9 Å². The molecule has 0 saturated carbocycles. The van der Waals surface area contributed by atoms with E-state index in [1.165, 1.54) is 0 Å². The van der Waals surface area contributed by atoms with Gasteiger partial charge in [-0.25, -0.2) is 9.18 Å². The zero-order chi connectivity index (χ0) is 23.5. The maximum atomic E-state index is 13.5. The van der Waals surface area contributed by atoms with Crippen molar-refractivity contribution in [2.24, 2.45) is 0 Å². The minimum atomic E-state index is -1.28. The number of benzene rings is 2. The molecule has 1 heterocycles. The van der Waals surface area contributed by atoms with Crippen molar-refractivity contribution in [3.8, 4) is 0 Å². The van der Waals surface area contributed by atoms with Crippen molar-refractivity contribution in [2.75, 3.05) is 6.54 Å². The highest BCUT2D eigenvalue weighted by Gasteiger charge is 2.28. The summed E-state index contributed by atoms with van der Waals surface area (Å²) in [5.74, 6) is -0.108. The van der Waals surface area contributed by atoms with E-state index in [9.17, 15) is 19.1 Å². The third-order valence-corrected chi connectivity index (χ3v) is 5.19. The van der Waals surface area contributed by atoms with Crippen molar-refractivity contribution >= 4 is 23.6 Å². The van der Waals surface area contributed by atoms with Gasteiger partial charge in [0, 0.05) is 35.8 Å². The fourth-order valence-electron chi connectivity index (χ4n) is 3.41. The van der Waals surface area contributed by atoms with Gasteiger partial charge in [-0.05, 0) is 55.7 Å². The summed E-state index contributed by atoms with van der Waals surface area (Å²) in [6.45, 7) is 5.74. The van der Waals surface area contributed by atoms with Gasteiger partial charge in [-0.2, -0.15) is 0 Å². The predicted molar refractivity (Wildman–Crippen MR) is 120 cm³/mol. The van der Waals surface area contributed by atoms with Crippen LogP contribution in [0.4, 0.5) is 9.18 Å². The standard InChI is InChI=1S/C24H26ClFN2O4/c1-24(2,3)32-23(31)27-12-18(11-26)21(29)16-6-9-20-17(10-16)14-28(22(20)30)13-15-4-7-19(25)8-5-15/h4-11,21,29H,12-14H2,1-3H3,(H,27,31). The molecule has 6 nitrogen and oxygen atoms in total. The molecule has 0 aliphatic carbocycles. The summed E-state index contributed by atoms with van der Waals surface area (Å²) >= 11 is 5.92. The summed E-state index contributed by atoms with van der Waals surface area (Å²) < 4.78 is 18.6. The van der Waals surface area contributed by atoms with Crippen LogP contribution in [0.5, 0.6) is 0 Å². The Morgan fingerprint density at radius 3 is 2.59 bits per heavy atom. The second-order valence-electron chi connectivity index (χ2n) is 8.65. The first-order chi connectivity index (χ1) is 15.1. The average molecular weight is 461 g/mol. The molecule has 1 aliphatic heterocycles. The molecule has 3 rings (SSSR count). The molecular weight excluding hydrogens is 435 g/mol. The van der Waals surface area contributed by atoms with Crippen molar-refractivity contribution in [1.82, 2.24) is 10.2 Å². The Labute approximate surface area is 191 Å². The van der Waals surface area contributed by atoms with Gasteiger partial charge in [0.05, 0.1) is 6.33 Å². The summed E-state index contributed by atoms with van der Waals surface area (Å²) in [5, 5.41) is 13.7. The summed E-state index contributed by atoms with van der Waals surface area (Å²) in [5.41, 5.74) is 1.96. The molecule has 0 fully saturated rings. The first kappa shape index (κ1) is 23.8. The van der Waals surface area contributed by atoms with Crippen molar-refractivity contribution in [2.45, 2.75) is 45.6 Å². The number of amides is 2. The highest BCUT2D eigenvalue weighted by molar-refractivity contribution is 6.30. The van der Waals surface area contributed by atoms with Crippen molar-refractivity contribution in [3.05, 3.63) is 81.6 Å². The number of nitrogens with one attached hydrogen (secondary N) is 1. The van der Waals surface area contributed by atoms with Gasteiger partial charge in [0.15, 0.2) is 0 Å². The van der Waals surface area contributed by atoms with Gasteiger partial charge in [0.1, 0.15) is 11.7 Å². The molecule has 1 unspecified atom stereocenters. The number of aliphatic hydroxyl groups excluding tert-OH is 1. The lowest BCUT2D eigenvalue weighted by atomic mass is 9.98. The molecule has 2 aromatic rings. The quantitative estimate of drug-likeness (QED) is 0.642. The summed E-state index contributed by atoms with van der Waals surface area (Å²) in [6, 6.07) is 12.2. The van der Waals surface area contributed by atoms with Crippen LogP contribution in [0, 0.1) is 0 Å². The van der Waals surface area contributed by atoms with E-state index in [4.69, 9.17) is 16.3 Å². The van der Waals surface area contributed by atoms with Crippen LogP contribution in [0.15, 0.2) is 54.4 Å². The van der Waals surface area contributed by atoms with E-state index in [0.717, 1.165) is 11.1 Å². The highest BCUT2D eigenvalue weighted by Crippen LogP contribution is 2.30. The third-order valence-electron chi connectivity index (χ3n) is 4.94. The van der Waals surface area contributed by atoms with E-state index >= 15 is 0 Å². The van der Waals surface area contributed by atoms with E-state index in [0.29, 0.717) is 29.2 Å². The lowest BCUT2D eigenvalue weighted by Gasteiger charge is -2.21. The van der Waals surface area contributed by atoms with Crippen LogP contribution in [0.25, 0.3) is 0 Å². The maximum Gasteiger partial charge on any atom is 0.407 e. The molecule has 32 heavy (non-hydrogen) atoms. The lowest BCUT2D eigenvalue weighted by molar-refractivity contribution is 0.0529. The second kappa shape index (κ2) is 9.71. The number of hydrogen-bond donors (Lipinski definition) is 2. The SMILES string of the molecule is CC(C)(C)OC(=O)NCC(=CF)C(O)c1ccc2c(c1)CN(Cc1ccc(Cl)cc1)C2=O. The first-order valence-corrected chi connectivity index (χ1v) is 10.6. The van der Waals surface area contributed by atoms with E-state index < -0.39 is 17.8 Å². The van der Waals surface area contributed by atoms with Crippen molar-refractivity contribution < 1.29 is 23.8 Å². The van der Waals surface area contributed by atoms with E-state index in [1.807, 2.05) is 12.1 Å². The van der Waals surface area contributed by atoms with Crippen LogP contribution >= 0.6 is 11.6 Å². The number of carbonyl (C=O) groups excluding carboxylic acids is 2. The molecule has 2 N–H and O–H groups in total. The van der Waals surface area contributed by atoms with Crippen LogP contribution in [-0.2, 0) is 17.8 Å². The largest absolute Gasteiger partial charge is 0.444 e. The summed E-state index contributed by atoms with van der Waals surface area (Å²) in [7, 11) is 0. The molecule has 2 amide bonds. The van der Waals surface area contributed by atoms with Gasteiger partial charge in [-0.15, -0.1) is 0 Å². The number of hydrogen-bond acceptors (Lipinski definition) is 4. The average Bonchev–Trinajstić information content (AvgIpc) is 3.03. The summed E-state index contributed by atoms with van der Waals surface area (Å²) in [6.07, 6.45) is -1.71. The Bertz CT molecular complexity index is 1030. The van der Waals surface area contributed by atoms with Crippen LogP contribution in [0.1, 0.15) is 53.9 Å². The molecule has 8 heteroatoms. The number of aliphatic hydroxyl groups is 1. The second-order valence-corrected chi connectivity index (χ2v) is 9.08. The zero-order valence-electron chi connectivity index (χ0n) is 18.2. The fourth-order valence-corrected chi connectivity index (χ4v) is 3.53.